The third-order valence-corrected chi connectivity index (χ3v) is 3.42. The van der Waals surface area contributed by atoms with Gasteiger partial charge in [-0.3, -0.25) is 0 Å². The summed E-state index contributed by atoms with van der Waals surface area (Å²) in [5.41, 5.74) is 4.88. The van der Waals surface area contributed by atoms with E-state index in [-0.39, 0.29) is 0 Å². The molecule has 0 saturated heterocycles. The Balaban J connectivity index is 2.20. The Kier molecular flexibility index (Phi) is 3.53. The molecule has 1 aromatic heterocycles. The number of fused-ring (bicyclic) bond motifs is 1. The van der Waals surface area contributed by atoms with Crippen molar-refractivity contribution >= 4 is 31.0 Å². The minimum Gasteiger partial charge on any atom is -0.456 e. The van der Waals surface area contributed by atoms with Gasteiger partial charge in [-0.05, 0) is 29.3 Å². The van der Waals surface area contributed by atoms with E-state index in [1.807, 2.05) is 31.2 Å². The Morgan fingerprint density at radius 3 is 2.52 bits per heavy atom. The van der Waals surface area contributed by atoms with Gasteiger partial charge in [-0.1, -0.05) is 56.0 Å². The van der Waals surface area contributed by atoms with Crippen LogP contribution in [0.4, 0.5) is 0 Å². The van der Waals surface area contributed by atoms with Crippen LogP contribution in [-0.4, -0.2) is 7.85 Å². The fourth-order valence-corrected chi connectivity index (χ4v) is 2.47. The Morgan fingerprint density at radius 2 is 1.86 bits per heavy atom. The smallest absolute Gasteiger partial charge is 0.136 e. The highest BCUT2D eigenvalue weighted by atomic mass is 16.3. The van der Waals surface area contributed by atoms with Crippen LogP contribution in [0.2, 0.25) is 0 Å². The first-order valence-electron chi connectivity index (χ1n) is 6.87. The summed E-state index contributed by atoms with van der Waals surface area (Å²) in [5, 5.41) is 1.05. The number of hydrogen-bond acceptors (Lipinski definition) is 1. The van der Waals surface area contributed by atoms with Gasteiger partial charge in [0, 0.05) is 10.9 Å². The van der Waals surface area contributed by atoms with Crippen LogP contribution in [0.5, 0.6) is 0 Å². The summed E-state index contributed by atoms with van der Waals surface area (Å²) in [5.74, 6) is 0.750. The monoisotopic (exact) mass is 270 g/mol. The fraction of sp³-hybridized carbons (Fsp3) is 0.0526. The molecule has 2 aromatic carbocycles. The molecule has 0 aliphatic heterocycles. The van der Waals surface area contributed by atoms with Gasteiger partial charge in [-0.2, -0.15) is 0 Å². The van der Waals surface area contributed by atoms with Crippen LogP contribution in [0.25, 0.3) is 34.2 Å². The number of rotatable bonds is 3. The highest BCUT2D eigenvalue weighted by Gasteiger charge is 2.11. The molecule has 3 aromatic rings. The molecule has 0 atom stereocenters. The zero-order valence-electron chi connectivity index (χ0n) is 12.0. The topological polar surface area (TPSA) is 13.1 Å². The van der Waals surface area contributed by atoms with Crippen molar-refractivity contribution in [3.05, 3.63) is 71.9 Å². The highest BCUT2D eigenvalue weighted by molar-refractivity contribution is 6.24. The zero-order valence-corrected chi connectivity index (χ0v) is 12.0. The first kappa shape index (κ1) is 13.5. The molecule has 2 radical (unpaired) electrons. The van der Waals surface area contributed by atoms with Crippen molar-refractivity contribution in [2.75, 3.05) is 0 Å². The standard InChI is InChI=1S/C19H15BO/c1-3-18-17(11-13(2)20)16-10-9-15(12-19(16)21-18)14-7-5-4-6-8-14/h3-12H,1H2,2H3/b13-11+. The number of benzene rings is 2. The highest BCUT2D eigenvalue weighted by Crippen LogP contribution is 2.32. The summed E-state index contributed by atoms with van der Waals surface area (Å²) >= 11 is 0. The molecule has 21 heavy (non-hydrogen) atoms. The number of furan rings is 1. The largest absolute Gasteiger partial charge is 0.456 e. The van der Waals surface area contributed by atoms with Gasteiger partial charge in [0.25, 0.3) is 0 Å². The lowest BCUT2D eigenvalue weighted by Crippen LogP contribution is -1.79. The Labute approximate surface area is 126 Å². The van der Waals surface area contributed by atoms with Crippen molar-refractivity contribution in [3.63, 3.8) is 0 Å². The fourth-order valence-electron chi connectivity index (χ4n) is 2.47. The molecular weight excluding hydrogens is 255 g/mol. The Bertz CT molecular complexity index is 821. The van der Waals surface area contributed by atoms with Crippen molar-refractivity contribution in [1.29, 1.82) is 0 Å². The van der Waals surface area contributed by atoms with Crippen molar-refractivity contribution in [1.82, 2.24) is 0 Å². The molecule has 1 nitrogen and oxygen atoms in total. The summed E-state index contributed by atoms with van der Waals surface area (Å²) in [6, 6.07) is 16.5. The lowest BCUT2D eigenvalue weighted by molar-refractivity contribution is 0.603. The summed E-state index contributed by atoms with van der Waals surface area (Å²) < 4.78 is 5.89. The molecule has 0 spiro atoms. The summed E-state index contributed by atoms with van der Waals surface area (Å²) in [7, 11) is 5.80. The quantitative estimate of drug-likeness (QED) is 0.591. The third-order valence-electron chi connectivity index (χ3n) is 3.42. The van der Waals surface area contributed by atoms with Gasteiger partial charge < -0.3 is 4.42 Å². The van der Waals surface area contributed by atoms with Gasteiger partial charge in [-0.25, -0.2) is 0 Å². The molecule has 0 aliphatic rings. The van der Waals surface area contributed by atoms with Gasteiger partial charge in [0.05, 0.1) is 0 Å². The van der Waals surface area contributed by atoms with E-state index in [4.69, 9.17) is 12.3 Å². The van der Waals surface area contributed by atoms with Crippen LogP contribution in [0.1, 0.15) is 18.2 Å². The van der Waals surface area contributed by atoms with Crippen molar-refractivity contribution < 1.29 is 4.42 Å². The zero-order chi connectivity index (χ0) is 14.8. The molecule has 3 rings (SSSR count). The number of hydrogen-bond donors (Lipinski definition) is 0. The van der Waals surface area contributed by atoms with Gasteiger partial charge in [0.15, 0.2) is 0 Å². The van der Waals surface area contributed by atoms with Crippen molar-refractivity contribution in [3.8, 4) is 11.1 Å². The predicted octanol–water partition coefficient (Wildman–Crippen LogP) is 5.27. The van der Waals surface area contributed by atoms with E-state index in [0.29, 0.717) is 0 Å². The maximum absolute atomic E-state index is 5.89. The van der Waals surface area contributed by atoms with Crippen LogP contribution in [0.15, 0.2) is 65.0 Å². The van der Waals surface area contributed by atoms with E-state index >= 15 is 0 Å². The van der Waals surface area contributed by atoms with Crippen molar-refractivity contribution in [2.24, 2.45) is 0 Å². The van der Waals surface area contributed by atoms with E-state index in [2.05, 4.69) is 36.9 Å². The van der Waals surface area contributed by atoms with E-state index in [9.17, 15) is 0 Å². The molecule has 1 heterocycles. The maximum atomic E-state index is 5.89. The average Bonchev–Trinajstić information content (AvgIpc) is 2.84. The van der Waals surface area contributed by atoms with E-state index in [0.717, 1.165) is 33.3 Å². The molecule has 2 heteroatoms. The normalized spacial score (nSPS) is 11.8. The van der Waals surface area contributed by atoms with Crippen LogP contribution in [0, 0.1) is 0 Å². The second-order valence-electron chi connectivity index (χ2n) is 5.05. The van der Waals surface area contributed by atoms with E-state index < -0.39 is 0 Å². The van der Waals surface area contributed by atoms with Crippen LogP contribution < -0.4 is 0 Å². The lowest BCUT2D eigenvalue weighted by Gasteiger charge is -2.01. The lowest BCUT2D eigenvalue weighted by atomic mass is 9.94. The Hall–Kier alpha value is -2.48. The second kappa shape index (κ2) is 5.49. The van der Waals surface area contributed by atoms with Crippen molar-refractivity contribution in [2.45, 2.75) is 6.92 Å². The van der Waals surface area contributed by atoms with Crippen LogP contribution >= 0.6 is 0 Å². The predicted molar refractivity (Wildman–Crippen MR) is 91.1 cm³/mol. The molecule has 0 bridgehead atoms. The van der Waals surface area contributed by atoms with Gasteiger partial charge in [0.1, 0.15) is 19.2 Å². The summed E-state index contributed by atoms with van der Waals surface area (Å²) in [4.78, 5) is 0. The summed E-state index contributed by atoms with van der Waals surface area (Å²) in [6.45, 7) is 5.68. The average molecular weight is 270 g/mol. The molecule has 0 N–H and O–H groups in total. The Morgan fingerprint density at radius 1 is 1.10 bits per heavy atom. The van der Waals surface area contributed by atoms with E-state index in [1.54, 1.807) is 6.08 Å². The molecule has 0 unspecified atom stereocenters. The van der Waals surface area contributed by atoms with Gasteiger partial charge >= 0.3 is 0 Å². The number of allylic oxidation sites excluding steroid dienone is 1. The minimum atomic E-state index is 0.743. The molecule has 0 saturated carbocycles. The summed E-state index contributed by atoms with van der Waals surface area (Å²) in [6.07, 6.45) is 3.64. The van der Waals surface area contributed by atoms with Crippen LogP contribution in [-0.2, 0) is 0 Å². The molecule has 0 amide bonds. The molecule has 0 fully saturated rings. The molecule has 0 aliphatic carbocycles. The first-order chi connectivity index (χ1) is 10.2. The molecular formula is C19H15BO. The maximum Gasteiger partial charge on any atom is 0.136 e. The SMILES string of the molecule is [B]/C(C)=C/c1c(C=C)oc2cc(-c3ccccc3)ccc12. The third kappa shape index (κ3) is 2.57. The first-order valence-corrected chi connectivity index (χ1v) is 6.87. The van der Waals surface area contributed by atoms with Gasteiger partial charge in [-0.15, -0.1) is 5.47 Å². The molecule has 100 valence electrons. The minimum absolute atomic E-state index is 0.743. The van der Waals surface area contributed by atoms with E-state index in [1.165, 1.54) is 5.56 Å². The van der Waals surface area contributed by atoms with Crippen LogP contribution in [0.3, 0.4) is 0 Å². The second-order valence-corrected chi connectivity index (χ2v) is 5.05. The van der Waals surface area contributed by atoms with Gasteiger partial charge in [0.2, 0.25) is 0 Å².